The van der Waals surface area contributed by atoms with Gasteiger partial charge in [0.2, 0.25) is 11.8 Å². The molecule has 0 bridgehead atoms. The molecule has 0 saturated heterocycles. The maximum atomic E-state index is 6.32. The van der Waals surface area contributed by atoms with E-state index in [-0.39, 0.29) is 10.8 Å². The Morgan fingerprint density at radius 3 is 0.882 bits per heavy atom. The summed E-state index contributed by atoms with van der Waals surface area (Å²) in [7, 11) is 0. The molecule has 0 fully saturated rings. The first-order chi connectivity index (χ1) is 32.6. The van der Waals surface area contributed by atoms with Crippen molar-refractivity contribution in [2.75, 3.05) is 13.2 Å². The highest BCUT2D eigenvalue weighted by Crippen LogP contribution is 2.39. The molecule has 0 spiro atoms. The molecule has 68 heavy (non-hydrogen) atoms. The maximum Gasteiger partial charge on any atom is 0.227 e. The Labute approximate surface area is 402 Å². The molecule has 0 N–H and O–H groups in total. The van der Waals surface area contributed by atoms with E-state index in [2.05, 4.69) is 203 Å². The van der Waals surface area contributed by atoms with Gasteiger partial charge in [0, 0.05) is 34.4 Å². The largest absolute Gasteiger partial charge is 0.493 e. The fraction of sp³-hybridized carbons (Fsp3) is 0.290. The zero-order chi connectivity index (χ0) is 47.7. The highest BCUT2D eigenvalue weighted by molar-refractivity contribution is 5.82. The SMILES string of the molecule is CCC(C)COc1cc2oc(-c3ccc(-c4ccc(-c5ccc(-c6ccc(-c7ccc(-c8nc9cc(C(C)(C)C)c(OCC(C)CC)cc9o8)cc7)cc6)cc5)cc4)cc3)nc2cc1C(C)(C)C. The number of hydrogen-bond acceptors (Lipinski definition) is 6. The number of hydrogen-bond donors (Lipinski definition) is 0. The molecule has 0 radical (unpaired) electrons. The number of nitrogens with zero attached hydrogens (tertiary/aromatic N) is 2. The van der Waals surface area contributed by atoms with Crippen LogP contribution in [-0.4, -0.2) is 23.2 Å². The molecule has 7 aromatic carbocycles. The molecular weight excluding hydrogens is 837 g/mol. The lowest BCUT2D eigenvalue weighted by Gasteiger charge is -2.23. The van der Waals surface area contributed by atoms with E-state index in [1.807, 2.05) is 12.1 Å². The summed E-state index contributed by atoms with van der Waals surface area (Å²) in [5.74, 6) is 3.92. The third kappa shape index (κ3) is 10.0. The van der Waals surface area contributed by atoms with Crippen LogP contribution in [-0.2, 0) is 10.8 Å². The Hall–Kier alpha value is -6.92. The third-order valence-electron chi connectivity index (χ3n) is 13.3. The summed E-state index contributed by atoms with van der Waals surface area (Å²) < 4.78 is 25.3. The Morgan fingerprint density at radius 1 is 0.397 bits per heavy atom. The van der Waals surface area contributed by atoms with Gasteiger partial charge in [-0.25, -0.2) is 9.97 Å². The molecule has 2 aromatic heterocycles. The van der Waals surface area contributed by atoms with Gasteiger partial charge in [0.05, 0.1) is 13.2 Å². The van der Waals surface area contributed by atoms with Crippen LogP contribution in [0.25, 0.3) is 89.6 Å². The lowest BCUT2D eigenvalue weighted by molar-refractivity contribution is 0.251. The van der Waals surface area contributed by atoms with E-state index in [0.29, 0.717) is 36.8 Å². The number of rotatable bonds is 14. The summed E-state index contributed by atoms with van der Waals surface area (Å²) in [5.41, 5.74) is 16.4. The second-order valence-electron chi connectivity index (χ2n) is 20.7. The van der Waals surface area contributed by atoms with Crippen molar-refractivity contribution in [3.05, 3.63) is 157 Å². The zero-order valence-corrected chi connectivity index (χ0v) is 41.4. The Balaban J connectivity index is 0.842. The Bertz CT molecular complexity index is 2930. The van der Waals surface area contributed by atoms with Crippen LogP contribution in [0.2, 0.25) is 0 Å². The summed E-state index contributed by atoms with van der Waals surface area (Å²) >= 11 is 0. The summed E-state index contributed by atoms with van der Waals surface area (Å²) in [4.78, 5) is 9.80. The molecule has 6 nitrogen and oxygen atoms in total. The lowest BCUT2D eigenvalue weighted by Crippen LogP contribution is -2.15. The van der Waals surface area contributed by atoms with E-state index in [1.165, 1.54) is 22.3 Å². The molecule has 346 valence electrons. The van der Waals surface area contributed by atoms with Gasteiger partial charge in [-0.05, 0) is 104 Å². The fourth-order valence-corrected chi connectivity index (χ4v) is 8.44. The lowest BCUT2D eigenvalue weighted by atomic mass is 9.86. The van der Waals surface area contributed by atoms with E-state index in [1.54, 1.807) is 0 Å². The quantitative estimate of drug-likeness (QED) is 0.108. The average Bonchev–Trinajstić information content (AvgIpc) is 3.98. The van der Waals surface area contributed by atoms with Crippen molar-refractivity contribution in [1.29, 1.82) is 0 Å². The van der Waals surface area contributed by atoms with Crippen LogP contribution < -0.4 is 9.47 Å². The number of oxazole rings is 2. The monoisotopic (exact) mass is 900 g/mol. The van der Waals surface area contributed by atoms with Gasteiger partial charge in [-0.3, -0.25) is 0 Å². The van der Waals surface area contributed by atoms with Crippen molar-refractivity contribution in [2.24, 2.45) is 11.8 Å². The van der Waals surface area contributed by atoms with E-state index in [4.69, 9.17) is 28.3 Å². The van der Waals surface area contributed by atoms with Crippen molar-refractivity contribution in [3.63, 3.8) is 0 Å². The first kappa shape index (κ1) is 46.2. The van der Waals surface area contributed by atoms with Gasteiger partial charge >= 0.3 is 0 Å². The second kappa shape index (κ2) is 19.0. The number of benzene rings is 7. The van der Waals surface area contributed by atoms with Gasteiger partial charge in [-0.1, -0.05) is 179 Å². The summed E-state index contributed by atoms with van der Waals surface area (Å²) in [6.07, 6.45) is 2.15. The summed E-state index contributed by atoms with van der Waals surface area (Å²) in [6, 6.07) is 51.5. The first-order valence-electron chi connectivity index (χ1n) is 24.3. The van der Waals surface area contributed by atoms with E-state index in [9.17, 15) is 0 Å². The van der Waals surface area contributed by atoms with Gasteiger partial charge in [0.25, 0.3) is 0 Å². The fourth-order valence-electron chi connectivity index (χ4n) is 8.44. The van der Waals surface area contributed by atoms with Crippen LogP contribution in [0.1, 0.15) is 93.2 Å². The van der Waals surface area contributed by atoms with Crippen molar-refractivity contribution < 1.29 is 18.3 Å². The van der Waals surface area contributed by atoms with E-state index < -0.39 is 0 Å². The molecule has 9 aromatic rings. The molecule has 0 saturated carbocycles. The number of fused-ring (bicyclic) bond motifs is 2. The van der Waals surface area contributed by atoms with E-state index >= 15 is 0 Å². The van der Waals surface area contributed by atoms with Crippen molar-refractivity contribution in [2.45, 2.75) is 92.9 Å². The average molecular weight is 901 g/mol. The van der Waals surface area contributed by atoms with Crippen molar-refractivity contribution in [1.82, 2.24) is 9.97 Å². The molecule has 0 aliphatic carbocycles. The summed E-state index contributed by atoms with van der Waals surface area (Å²) in [5, 5.41) is 0. The minimum atomic E-state index is -0.0894. The number of ether oxygens (including phenoxy) is 2. The van der Waals surface area contributed by atoms with Crippen LogP contribution >= 0.6 is 0 Å². The number of aromatic nitrogens is 2. The molecule has 0 aliphatic rings. The van der Waals surface area contributed by atoms with Gasteiger partial charge in [0.15, 0.2) is 11.2 Å². The highest BCUT2D eigenvalue weighted by atomic mass is 16.5. The molecule has 0 amide bonds. The van der Waals surface area contributed by atoms with Gasteiger partial charge in [-0.15, -0.1) is 0 Å². The predicted octanol–water partition coefficient (Wildman–Crippen LogP) is 17.4. The van der Waals surface area contributed by atoms with Crippen LogP contribution in [0.15, 0.2) is 154 Å². The van der Waals surface area contributed by atoms with E-state index in [0.717, 1.165) is 91.0 Å². The highest BCUT2D eigenvalue weighted by Gasteiger charge is 2.24. The van der Waals surface area contributed by atoms with Gasteiger partial charge in [0.1, 0.15) is 22.5 Å². The van der Waals surface area contributed by atoms with Crippen molar-refractivity contribution in [3.8, 4) is 78.9 Å². The predicted molar refractivity (Wildman–Crippen MR) is 281 cm³/mol. The van der Waals surface area contributed by atoms with Crippen LogP contribution in [0.5, 0.6) is 11.5 Å². The summed E-state index contributed by atoms with van der Waals surface area (Å²) in [6.45, 7) is 23.4. The first-order valence-corrected chi connectivity index (χ1v) is 24.3. The van der Waals surface area contributed by atoms with Crippen LogP contribution in [0, 0.1) is 11.8 Å². The molecule has 9 rings (SSSR count). The molecule has 0 aliphatic heterocycles. The topological polar surface area (TPSA) is 70.5 Å². The molecule has 6 heteroatoms. The maximum absolute atomic E-state index is 6.32. The molecule has 2 heterocycles. The third-order valence-corrected chi connectivity index (χ3v) is 13.3. The molecule has 2 unspecified atom stereocenters. The van der Waals surface area contributed by atoms with Gasteiger partial charge in [-0.2, -0.15) is 0 Å². The Kier molecular flexibility index (Phi) is 12.9. The minimum absolute atomic E-state index is 0.0894. The van der Waals surface area contributed by atoms with Crippen LogP contribution in [0.4, 0.5) is 0 Å². The Morgan fingerprint density at radius 2 is 0.647 bits per heavy atom. The molecule has 2 atom stereocenters. The normalized spacial score (nSPS) is 13.0. The van der Waals surface area contributed by atoms with Crippen LogP contribution in [0.3, 0.4) is 0 Å². The molecular formula is C62H64N2O4. The van der Waals surface area contributed by atoms with Gasteiger partial charge < -0.3 is 18.3 Å². The smallest absolute Gasteiger partial charge is 0.227 e. The second-order valence-corrected chi connectivity index (χ2v) is 20.7. The standard InChI is InChI=1S/C62H64N2O4/c1-11-39(3)37-65-55-35-57-53(33-51(55)61(5,6)7)63-59(67-57)49-29-25-47(26-30-49)45-21-17-43(18-22-45)41-13-15-42(16-14-41)44-19-23-46(24-20-44)48-27-31-50(32-28-48)60-64-54-34-52(62(8,9)10)56(36-58(54)68-60)66-38-40(4)12-2/h13-36,39-40H,11-12,37-38H2,1-10H3. The van der Waals surface area contributed by atoms with Crippen molar-refractivity contribution >= 4 is 22.2 Å². The zero-order valence-electron chi connectivity index (χ0n) is 41.4. The minimum Gasteiger partial charge on any atom is -0.493 e.